The molecular weight excluding hydrogens is 376 g/mol. The number of hydrogen-bond donors (Lipinski definition) is 1. The van der Waals surface area contributed by atoms with Crippen LogP contribution in [0.2, 0.25) is 5.02 Å². The van der Waals surface area contributed by atoms with E-state index in [-0.39, 0.29) is 0 Å². The lowest BCUT2D eigenvalue weighted by Gasteiger charge is -2.08. The van der Waals surface area contributed by atoms with Gasteiger partial charge in [-0.05, 0) is 18.2 Å². The first-order chi connectivity index (χ1) is 12.6. The van der Waals surface area contributed by atoms with Crippen molar-refractivity contribution in [2.24, 2.45) is 5.10 Å². The summed E-state index contributed by atoms with van der Waals surface area (Å²) in [6, 6.07) is 14.1. The normalized spacial score (nSPS) is 11.0. The van der Waals surface area contributed by atoms with E-state index in [0.717, 1.165) is 10.1 Å². The summed E-state index contributed by atoms with van der Waals surface area (Å²) in [5.74, 6) is -1.44. The number of thiophene rings is 1. The van der Waals surface area contributed by atoms with E-state index >= 15 is 0 Å². The summed E-state index contributed by atoms with van der Waals surface area (Å²) in [4.78, 5) is 23.2. The van der Waals surface area contributed by atoms with Gasteiger partial charge in [0.25, 0.3) is 5.91 Å². The molecule has 132 valence electrons. The lowest BCUT2D eigenvalue weighted by atomic mass is 10.2. The molecule has 3 aromatic rings. The van der Waals surface area contributed by atoms with Gasteiger partial charge in [-0.25, -0.2) is 5.43 Å². The van der Waals surface area contributed by atoms with Gasteiger partial charge in [0, 0.05) is 15.6 Å². The minimum Gasteiger partial charge on any atom is -0.546 e. The number of aliphatic carboxylic acids is 1. The zero-order chi connectivity index (χ0) is 18.5. The SMILES string of the molecule is O=C([O-])COc1ccccc1/C=N\NC(=O)c1sc2ccccc2c1Cl. The Bertz CT molecular complexity index is 1000. The van der Waals surface area contributed by atoms with Crippen molar-refractivity contribution in [3.05, 3.63) is 64.0 Å². The number of amides is 1. The molecule has 0 spiro atoms. The molecule has 26 heavy (non-hydrogen) atoms. The number of carbonyl (C=O) groups excluding carboxylic acids is 2. The van der Waals surface area contributed by atoms with Crippen LogP contribution in [0.5, 0.6) is 5.75 Å². The quantitative estimate of drug-likeness (QED) is 0.519. The Hall–Kier alpha value is -2.90. The molecule has 0 saturated heterocycles. The summed E-state index contributed by atoms with van der Waals surface area (Å²) in [5.41, 5.74) is 2.92. The Kier molecular flexibility index (Phi) is 5.50. The third kappa shape index (κ3) is 4.01. The highest BCUT2D eigenvalue weighted by atomic mass is 35.5. The second kappa shape index (κ2) is 7.99. The summed E-state index contributed by atoms with van der Waals surface area (Å²) in [6.07, 6.45) is 1.36. The summed E-state index contributed by atoms with van der Waals surface area (Å²) >= 11 is 7.54. The number of hydrogen-bond acceptors (Lipinski definition) is 6. The van der Waals surface area contributed by atoms with Gasteiger partial charge in [0.05, 0.1) is 17.2 Å². The largest absolute Gasteiger partial charge is 0.546 e. The van der Waals surface area contributed by atoms with E-state index < -0.39 is 18.5 Å². The molecule has 8 heteroatoms. The predicted octanol–water partition coefficient (Wildman–Crippen LogP) is 2.45. The first kappa shape index (κ1) is 17.9. The third-order valence-electron chi connectivity index (χ3n) is 3.38. The Labute approximate surface area is 157 Å². The first-order valence-corrected chi connectivity index (χ1v) is 8.68. The van der Waals surface area contributed by atoms with Crippen LogP contribution in [0, 0.1) is 0 Å². The number of nitrogens with one attached hydrogen (secondary N) is 1. The number of carboxylic acid groups (broad SMARTS) is 1. The predicted molar refractivity (Wildman–Crippen MR) is 98.8 cm³/mol. The van der Waals surface area contributed by atoms with E-state index in [1.165, 1.54) is 17.6 Å². The van der Waals surface area contributed by atoms with Crippen LogP contribution in [0.1, 0.15) is 15.2 Å². The highest BCUT2D eigenvalue weighted by molar-refractivity contribution is 7.21. The first-order valence-electron chi connectivity index (χ1n) is 7.48. The molecule has 0 unspecified atom stereocenters. The van der Waals surface area contributed by atoms with Crippen molar-refractivity contribution in [2.45, 2.75) is 0 Å². The second-order valence-corrected chi connectivity index (χ2v) is 6.57. The number of hydrazone groups is 1. The molecular formula is C18H12ClN2O4S-. The third-order valence-corrected chi connectivity index (χ3v) is 5.05. The topological polar surface area (TPSA) is 90.8 Å². The van der Waals surface area contributed by atoms with Gasteiger partial charge in [0.2, 0.25) is 0 Å². The maximum Gasteiger partial charge on any atom is 0.283 e. The van der Waals surface area contributed by atoms with Crippen molar-refractivity contribution >= 4 is 51.1 Å². The highest BCUT2D eigenvalue weighted by Crippen LogP contribution is 2.34. The number of rotatable bonds is 6. The molecule has 0 radical (unpaired) electrons. The summed E-state index contributed by atoms with van der Waals surface area (Å²) in [6.45, 7) is -0.575. The molecule has 0 aliphatic carbocycles. The van der Waals surface area contributed by atoms with Gasteiger partial charge >= 0.3 is 0 Å². The molecule has 3 rings (SSSR count). The number of fused-ring (bicyclic) bond motifs is 1. The minimum absolute atomic E-state index is 0.314. The van der Waals surface area contributed by atoms with E-state index in [2.05, 4.69) is 10.5 Å². The van der Waals surface area contributed by atoms with Crippen LogP contribution in [0.25, 0.3) is 10.1 Å². The molecule has 1 heterocycles. The fraction of sp³-hybridized carbons (Fsp3) is 0.0556. The van der Waals surface area contributed by atoms with Gasteiger partial charge in [-0.1, -0.05) is 41.9 Å². The van der Waals surface area contributed by atoms with Crippen LogP contribution in [0.15, 0.2) is 53.6 Å². The Morgan fingerprint density at radius 3 is 2.69 bits per heavy atom. The van der Waals surface area contributed by atoms with Crippen LogP contribution < -0.4 is 15.3 Å². The number of benzene rings is 2. The Morgan fingerprint density at radius 1 is 1.19 bits per heavy atom. The van der Waals surface area contributed by atoms with Crippen LogP contribution in [-0.2, 0) is 4.79 Å². The van der Waals surface area contributed by atoms with Crippen LogP contribution in [0.3, 0.4) is 0 Å². The molecule has 0 aliphatic heterocycles. The van der Waals surface area contributed by atoms with Crippen molar-refractivity contribution in [1.29, 1.82) is 0 Å². The molecule has 0 saturated carbocycles. The summed E-state index contributed by atoms with van der Waals surface area (Å²) < 4.78 is 6.02. The zero-order valence-electron chi connectivity index (χ0n) is 13.3. The smallest absolute Gasteiger partial charge is 0.283 e. The number of halogens is 1. The van der Waals surface area contributed by atoms with E-state index in [1.54, 1.807) is 24.3 Å². The molecule has 0 aliphatic rings. The maximum absolute atomic E-state index is 12.3. The van der Waals surface area contributed by atoms with Crippen LogP contribution >= 0.6 is 22.9 Å². The van der Waals surface area contributed by atoms with E-state index in [4.69, 9.17) is 16.3 Å². The Morgan fingerprint density at radius 2 is 1.92 bits per heavy atom. The van der Waals surface area contributed by atoms with Gasteiger partial charge in [0.15, 0.2) is 0 Å². The molecule has 6 nitrogen and oxygen atoms in total. The van der Waals surface area contributed by atoms with Crippen LogP contribution in [0.4, 0.5) is 0 Å². The van der Waals surface area contributed by atoms with Gasteiger partial charge < -0.3 is 14.6 Å². The number of carboxylic acids is 1. The second-order valence-electron chi connectivity index (χ2n) is 5.14. The number of nitrogens with zero attached hydrogens (tertiary/aromatic N) is 1. The molecule has 1 amide bonds. The Balaban J connectivity index is 1.73. The fourth-order valence-electron chi connectivity index (χ4n) is 2.23. The molecule has 0 bridgehead atoms. The lowest BCUT2D eigenvalue weighted by molar-refractivity contribution is -0.307. The monoisotopic (exact) mass is 387 g/mol. The average Bonchev–Trinajstić information content (AvgIpc) is 2.98. The standard InChI is InChI=1S/C18H13ClN2O4S/c19-16-12-6-2-4-8-14(12)26-17(16)18(24)21-20-9-11-5-1-3-7-13(11)25-10-15(22)23/h1-9H,10H2,(H,21,24)(H,22,23)/p-1/b20-9-. The van der Waals surface area contributed by atoms with Crippen LogP contribution in [-0.4, -0.2) is 24.7 Å². The summed E-state index contributed by atoms with van der Waals surface area (Å²) in [5, 5.41) is 15.6. The molecule has 2 aromatic carbocycles. The van der Waals surface area contributed by atoms with Crippen molar-refractivity contribution in [3.8, 4) is 5.75 Å². The number of ether oxygens (including phenoxy) is 1. The van der Waals surface area contributed by atoms with Crippen molar-refractivity contribution in [3.63, 3.8) is 0 Å². The highest BCUT2D eigenvalue weighted by Gasteiger charge is 2.16. The van der Waals surface area contributed by atoms with Gasteiger partial charge in [0.1, 0.15) is 17.2 Å². The van der Waals surface area contributed by atoms with Crippen molar-refractivity contribution in [2.75, 3.05) is 6.61 Å². The molecule has 1 aromatic heterocycles. The maximum atomic E-state index is 12.3. The minimum atomic E-state index is -1.33. The van der Waals surface area contributed by atoms with Crippen molar-refractivity contribution < 1.29 is 19.4 Å². The molecule has 0 fully saturated rings. The summed E-state index contributed by atoms with van der Waals surface area (Å²) in [7, 11) is 0. The van der Waals surface area contributed by atoms with E-state index in [0.29, 0.717) is 21.2 Å². The van der Waals surface area contributed by atoms with Gasteiger partial charge in [-0.2, -0.15) is 5.10 Å². The van der Waals surface area contributed by atoms with Gasteiger partial charge in [-0.3, -0.25) is 4.79 Å². The van der Waals surface area contributed by atoms with Crippen molar-refractivity contribution in [1.82, 2.24) is 5.43 Å². The zero-order valence-corrected chi connectivity index (χ0v) is 14.8. The van der Waals surface area contributed by atoms with E-state index in [1.807, 2.05) is 24.3 Å². The van der Waals surface area contributed by atoms with E-state index in [9.17, 15) is 14.7 Å². The van der Waals surface area contributed by atoms with Gasteiger partial charge in [-0.15, -0.1) is 11.3 Å². The average molecular weight is 388 g/mol. The lowest BCUT2D eigenvalue weighted by Crippen LogP contribution is -2.29. The number of para-hydroxylation sites is 1. The molecule has 1 N–H and O–H groups in total. The molecule has 0 atom stereocenters. The number of carbonyl (C=O) groups is 2. The fourth-order valence-corrected chi connectivity index (χ4v) is 3.63.